The van der Waals surface area contributed by atoms with E-state index < -0.39 is 15.9 Å². The number of aryl methyl sites for hydroxylation is 1. The summed E-state index contributed by atoms with van der Waals surface area (Å²) in [6, 6.07) is 15.5. The molecule has 0 fully saturated rings. The lowest BCUT2D eigenvalue weighted by molar-refractivity contribution is -0.126. The zero-order valence-corrected chi connectivity index (χ0v) is 23.9. The second kappa shape index (κ2) is 12.3. The number of benzene rings is 2. The Kier molecular flexibility index (Phi) is 9.06. The normalized spacial score (nSPS) is 12.4. The number of nitrogens with zero attached hydrogens (tertiary/aromatic N) is 2. The average Bonchev–Trinajstić information content (AvgIpc) is 3.51. The SMILES string of the molecule is CNC(=O)[C@@H](N)CC(=O)CCc1cccc(Cn2nc(CS(=O)(=O)c3ccc(Cl)s3)c3c(OC)cccc32)c1. The van der Waals surface area contributed by atoms with Gasteiger partial charge < -0.3 is 15.8 Å². The number of hydrogen-bond acceptors (Lipinski definition) is 8. The molecular formula is C27H29ClN4O5S2. The van der Waals surface area contributed by atoms with Crippen LogP contribution >= 0.6 is 22.9 Å². The van der Waals surface area contributed by atoms with Gasteiger partial charge in [0.25, 0.3) is 0 Å². The van der Waals surface area contributed by atoms with Gasteiger partial charge in [-0.3, -0.25) is 14.3 Å². The van der Waals surface area contributed by atoms with E-state index in [1.807, 2.05) is 36.4 Å². The number of rotatable bonds is 12. The second-order valence-electron chi connectivity index (χ2n) is 9.06. The topological polar surface area (TPSA) is 133 Å². The van der Waals surface area contributed by atoms with Crippen molar-refractivity contribution in [1.82, 2.24) is 15.1 Å². The van der Waals surface area contributed by atoms with Gasteiger partial charge in [0.05, 0.1) is 40.6 Å². The molecular weight excluding hydrogens is 560 g/mol. The minimum absolute atomic E-state index is 0.0101. The molecule has 0 saturated heterocycles. The van der Waals surface area contributed by atoms with Crippen LogP contribution in [0.2, 0.25) is 4.34 Å². The largest absolute Gasteiger partial charge is 0.496 e. The molecule has 2 aromatic heterocycles. The first-order valence-electron chi connectivity index (χ1n) is 12.2. The highest BCUT2D eigenvalue weighted by molar-refractivity contribution is 7.92. The third kappa shape index (κ3) is 6.85. The molecule has 3 N–H and O–H groups in total. The van der Waals surface area contributed by atoms with Gasteiger partial charge in [0.2, 0.25) is 5.91 Å². The number of Topliss-reactive ketones (excluding diaryl/α,β-unsaturated/α-hetero) is 1. The molecule has 1 amide bonds. The average molecular weight is 589 g/mol. The number of carbonyl (C=O) groups is 2. The highest BCUT2D eigenvalue weighted by Gasteiger charge is 2.24. The molecule has 9 nitrogen and oxygen atoms in total. The molecule has 0 bridgehead atoms. The first-order chi connectivity index (χ1) is 18.6. The number of aromatic nitrogens is 2. The molecule has 4 aromatic rings. The summed E-state index contributed by atoms with van der Waals surface area (Å²) >= 11 is 6.99. The highest BCUT2D eigenvalue weighted by Crippen LogP contribution is 2.33. The first-order valence-corrected chi connectivity index (χ1v) is 15.0. The Morgan fingerprint density at radius 3 is 2.59 bits per heavy atom. The number of carbonyl (C=O) groups excluding carboxylic acids is 2. The third-order valence-corrected chi connectivity index (χ3v) is 9.70. The van der Waals surface area contributed by atoms with Crippen molar-refractivity contribution in [1.29, 1.82) is 0 Å². The summed E-state index contributed by atoms with van der Waals surface area (Å²) in [5.74, 6) is -0.205. The Balaban J connectivity index is 1.56. The minimum atomic E-state index is -3.67. The maximum Gasteiger partial charge on any atom is 0.237 e. The predicted octanol–water partition coefficient (Wildman–Crippen LogP) is 3.75. The molecule has 1 atom stereocenters. The highest BCUT2D eigenvalue weighted by atomic mass is 35.5. The molecule has 0 spiro atoms. The van der Waals surface area contributed by atoms with Crippen molar-refractivity contribution in [3.63, 3.8) is 0 Å². The van der Waals surface area contributed by atoms with Crippen LogP contribution in [-0.2, 0) is 38.1 Å². The van der Waals surface area contributed by atoms with E-state index in [1.165, 1.54) is 20.2 Å². The van der Waals surface area contributed by atoms with Crippen LogP contribution in [0.15, 0.2) is 58.8 Å². The van der Waals surface area contributed by atoms with Crippen LogP contribution in [0.5, 0.6) is 5.75 Å². The number of ketones is 1. The van der Waals surface area contributed by atoms with Gasteiger partial charge in [0, 0.05) is 19.9 Å². The van der Waals surface area contributed by atoms with Crippen LogP contribution in [0.25, 0.3) is 10.9 Å². The number of nitrogens with two attached hydrogens (primary N) is 1. The van der Waals surface area contributed by atoms with E-state index in [2.05, 4.69) is 5.32 Å². The van der Waals surface area contributed by atoms with Crippen molar-refractivity contribution in [2.24, 2.45) is 5.73 Å². The lowest BCUT2D eigenvalue weighted by Crippen LogP contribution is -2.40. The van der Waals surface area contributed by atoms with Gasteiger partial charge in [-0.15, -0.1) is 11.3 Å². The number of amides is 1. The zero-order valence-electron chi connectivity index (χ0n) is 21.5. The van der Waals surface area contributed by atoms with Crippen molar-refractivity contribution in [3.8, 4) is 5.75 Å². The Labute approximate surface area is 235 Å². The van der Waals surface area contributed by atoms with Crippen LogP contribution in [0, 0.1) is 0 Å². The van der Waals surface area contributed by atoms with Crippen LogP contribution in [0.1, 0.15) is 29.7 Å². The summed E-state index contributed by atoms with van der Waals surface area (Å²) in [6.07, 6.45) is 0.766. The number of halogens is 1. The molecule has 0 aliphatic heterocycles. The predicted molar refractivity (Wildman–Crippen MR) is 152 cm³/mol. The molecule has 39 heavy (non-hydrogen) atoms. The van der Waals surface area contributed by atoms with Crippen LogP contribution in [0.4, 0.5) is 0 Å². The number of ether oxygens (including phenoxy) is 1. The molecule has 0 saturated carbocycles. The van der Waals surface area contributed by atoms with Crippen molar-refractivity contribution in [3.05, 3.63) is 75.8 Å². The number of methoxy groups -OCH3 is 1. The van der Waals surface area contributed by atoms with Crippen molar-refractivity contribution in [2.45, 2.75) is 41.8 Å². The molecule has 2 aromatic carbocycles. The Morgan fingerprint density at radius 1 is 1.15 bits per heavy atom. The lowest BCUT2D eigenvalue weighted by atomic mass is 10.0. The van der Waals surface area contributed by atoms with Crippen molar-refractivity contribution < 1.29 is 22.7 Å². The number of sulfone groups is 1. The smallest absolute Gasteiger partial charge is 0.237 e. The number of hydrogen-bond donors (Lipinski definition) is 2. The number of nitrogens with one attached hydrogen (secondary N) is 1. The van der Waals surface area contributed by atoms with Gasteiger partial charge in [-0.05, 0) is 41.8 Å². The van der Waals surface area contributed by atoms with Gasteiger partial charge in [-0.2, -0.15) is 5.10 Å². The second-order valence-corrected chi connectivity index (χ2v) is 13.0. The van der Waals surface area contributed by atoms with E-state index >= 15 is 0 Å². The third-order valence-electron chi connectivity index (χ3n) is 6.26. The molecule has 0 unspecified atom stereocenters. The van der Waals surface area contributed by atoms with Gasteiger partial charge in [-0.1, -0.05) is 41.9 Å². The Bertz CT molecular complexity index is 1610. The Hall–Kier alpha value is -3.25. The number of fused-ring (bicyclic) bond motifs is 1. The molecule has 0 radical (unpaired) electrons. The van der Waals surface area contributed by atoms with E-state index in [-0.39, 0.29) is 34.5 Å². The number of thiophene rings is 1. The van der Waals surface area contributed by atoms with Crippen LogP contribution < -0.4 is 15.8 Å². The molecule has 2 heterocycles. The van der Waals surface area contributed by atoms with Gasteiger partial charge in [-0.25, -0.2) is 8.42 Å². The van der Waals surface area contributed by atoms with Crippen molar-refractivity contribution in [2.75, 3.05) is 14.2 Å². The molecule has 4 rings (SSSR count). The number of likely N-dealkylation sites (N-methyl/N-ethyl adjacent to an activating group) is 1. The summed E-state index contributed by atoms with van der Waals surface area (Å²) < 4.78 is 34.1. The quantitative estimate of drug-likeness (QED) is 0.257. The molecule has 12 heteroatoms. The van der Waals surface area contributed by atoms with Gasteiger partial charge in [0.15, 0.2) is 9.84 Å². The van der Waals surface area contributed by atoms with Gasteiger partial charge >= 0.3 is 0 Å². The molecule has 206 valence electrons. The summed E-state index contributed by atoms with van der Waals surface area (Å²) in [7, 11) is -0.648. The zero-order chi connectivity index (χ0) is 28.2. The van der Waals surface area contributed by atoms with E-state index in [1.54, 1.807) is 16.8 Å². The van der Waals surface area contributed by atoms with Crippen molar-refractivity contribution >= 4 is 55.4 Å². The minimum Gasteiger partial charge on any atom is -0.496 e. The summed E-state index contributed by atoms with van der Waals surface area (Å²) in [5.41, 5.74) is 8.78. The summed E-state index contributed by atoms with van der Waals surface area (Å²) in [6.45, 7) is 0.387. The molecule has 0 aliphatic rings. The van der Waals surface area contributed by atoms with Crippen LogP contribution in [0.3, 0.4) is 0 Å². The standard InChI is InChI=1S/C27H29ClN4O5S2/c1-30-27(34)20(29)14-19(33)10-9-17-5-3-6-18(13-17)15-32-22-7-4-8-23(37-2)26(22)21(31-32)16-39(35,36)25-12-11-24(28)38-25/h3-8,11-13,20H,9-10,14-16,29H2,1-2H3,(H,30,34)/t20-/m0/s1. The van der Waals surface area contributed by atoms with E-state index in [4.69, 9.17) is 27.2 Å². The molecule has 0 aliphatic carbocycles. The summed E-state index contributed by atoms with van der Waals surface area (Å²) in [5, 5.41) is 7.78. The first kappa shape index (κ1) is 28.8. The lowest BCUT2D eigenvalue weighted by Gasteiger charge is -2.10. The van der Waals surface area contributed by atoms with E-state index in [9.17, 15) is 18.0 Å². The fourth-order valence-electron chi connectivity index (χ4n) is 4.35. The van der Waals surface area contributed by atoms with Gasteiger partial charge in [0.1, 0.15) is 21.5 Å². The fraction of sp³-hybridized carbons (Fsp3) is 0.296. The van der Waals surface area contributed by atoms with E-state index in [0.29, 0.717) is 34.1 Å². The Morgan fingerprint density at radius 2 is 1.90 bits per heavy atom. The van der Waals surface area contributed by atoms with E-state index in [0.717, 1.165) is 28.0 Å². The van der Waals surface area contributed by atoms with Crippen LogP contribution in [-0.4, -0.2) is 50.1 Å². The summed E-state index contributed by atoms with van der Waals surface area (Å²) in [4.78, 5) is 23.9. The monoisotopic (exact) mass is 588 g/mol. The maximum absolute atomic E-state index is 13.1. The fourth-order valence-corrected chi connectivity index (χ4v) is 7.20. The maximum atomic E-state index is 13.1.